The van der Waals surface area contributed by atoms with Gasteiger partial charge in [0.05, 0.1) is 17.8 Å². The van der Waals surface area contributed by atoms with E-state index in [1.807, 2.05) is 54.6 Å². The third-order valence-electron chi connectivity index (χ3n) is 4.80. The summed E-state index contributed by atoms with van der Waals surface area (Å²) in [5.74, 6) is -0.634. The van der Waals surface area contributed by atoms with Gasteiger partial charge >= 0.3 is 0 Å². The topological polar surface area (TPSA) is 46.9 Å². The van der Waals surface area contributed by atoms with E-state index < -0.39 is 0 Å². The molecule has 0 unspecified atom stereocenters. The van der Waals surface area contributed by atoms with Crippen LogP contribution in [-0.4, -0.2) is 15.7 Å². The average Bonchev–Trinajstić information content (AvgIpc) is 3.03. The number of carbonyl (C=O) groups excluding carboxylic acids is 1. The molecule has 0 saturated carbocycles. The minimum atomic E-state index is -0.328. The van der Waals surface area contributed by atoms with Crippen LogP contribution in [0.25, 0.3) is 11.1 Å². The lowest BCUT2D eigenvalue weighted by atomic mass is 10.0. The van der Waals surface area contributed by atoms with Gasteiger partial charge in [-0.15, -0.1) is 0 Å². The highest BCUT2D eigenvalue weighted by Crippen LogP contribution is 2.29. The van der Waals surface area contributed by atoms with Crippen molar-refractivity contribution >= 4 is 23.2 Å². The van der Waals surface area contributed by atoms with E-state index in [1.165, 1.54) is 12.1 Å². The molecule has 1 N–H and O–H groups in total. The first kappa shape index (κ1) is 19.9. The first-order chi connectivity index (χ1) is 14.5. The summed E-state index contributed by atoms with van der Waals surface area (Å²) in [6, 6.07) is 23.5. The Morgan fingerprint density at radius 2 is 1.67 bits per heavy atom. The molecule has 0 radical (unpaired) electrons. The Hall–Kier alpha value is -3.44. The number of rotatable bonds is 5. The zero-order valence-electron chi connectivity index (χ0n) is 16.3. The van der Waals surface area contributed by atoms with Gasteiger partial charge in [0.15, 0.2) is 0 Å². The van der Waals surface area contributed by atoms with E-state index in [1.54, 1.807) is 23.7 Å². The summed E-state index contributed by atoms with van der Waals surface area (Å²) < 4.78 is 14.7. The van der Waals surface area contributed by atoms with E-state index in [0.717, 1.165) is 16.7 Å². The maximum atomic E-state index is 13.1. The van der Waals surface area contributed by atoms with Crippen LogP contribution in [0, 0.1) is 12.7 Å². The smallest absolute Gasteiger partial charge is 0.260 e. The average molecular weight is 420 g/mol. The Morgan fingerprint density at radius 3 is 2.40 bits per heavy atom. The van der Waals surface area contributed by atoms with Crippen molar-refractivity contribution in [3.8, 4) is 11.1 Å². The van der Waals surface area contributed by atoms with Gasteiger partial charge in [0.1, 0.15) is 11.0 Å². The number of para-hydroxylation sites is 1. The van der Waals surface area contributed by atoms with E-state index in [9.17, 15) is 9.18 Å². The van der Waals surface area contributed by atoms with E-state index in [2.05, 4.69) is 10.4 Å². The second kappa shape index (κ2) is 8.51. The Labute approximate surface area is 178 Å². The van der Waals surface area contributed by atoms with Crippen LogP contribution in [0.15, 0.2) is 78.9 Å². The number of hydrogen-bond donors (Lipinski definition) is 1. The van der Waals surface area contributed by atoms with Crippen molar-refractivity contribution < 1.29 is 9.18 Å². The summed E-state index contributed by atoms with van der Waals surface area (Å²) in [7, 11) is 0. The number of hydrogen-bond acceptors (Lipinski definition) is 2. The maximum absolute atomic E-state index is 13.1. The third-order valence-corrected chi connectivity index (χ3v) is 5.18. The lowest BCUT2D eigenvalue weighted by molar-refractivity contribution is 0.102. The van der Waals surface area contributed by atoms with Crippen molar-refractivity contribution in [1.82, 2.24) is 9.78 Å². The van der Waals surface area contributed by atoms with Crippen LogP contribution in [0.2, 0.25) is 5.15 Å². The van der Waals surface area contributed by atoms with Crippen LogP contribution in [0.1, 0.15) is 21.6 Å². The molecule has 0 atom stereocenters. The summed E-state index contributed by atoms with van der Waals surface area (Å²) in [6.45, 7) is 2.08. The van der Waals surface area contributed by atoms with E-state index in [-0.39, 0.29) is 16.9 Å². The van der Waals surface area contributed by atoms with Crippen LogP contribution in [0.4, 0.5) is 10.1 Å². The molecule has 6 heteroatoms. The second-order valence-electron chi connectivity index (χ2n) is 6.90. The van der Waals surface area contributed by atoms with Gasteiger partial charge in [-0.3, -0.25) is 4.79 Å². The Morgan fingerprint density at radius 1 is 1.00 bits per heavy atom. The summed E-state index contributed by atoms with van der Waals surface area (Å²) in [6.07, 6.45) is 0. The van der Waals surface area contributed by atoms with E-state index in [4.69, 9.17) is 11.6 Å². The van der Waals surface area contributed by atoms with Gasteiger partial charge in [0.25, 0.3) is 5.91 Å². The van der Waals surface area contributed by atoms with E-state index >= 15 is 0 Å². The molecule has 30 heavy (non-hydrogen) atoms. The predicted octanol–water partition coefficient (Wildman–Crippen LogP) is 5.95. The number of anilines is 1. The summed E-state index contributed by atoms with van der Waals surface area (Å²) >= 11 is 6.49. The molecule has 1 aromatic heterocycles. The highest BCUT2D eigenvalue weighted by atomic mass is 35.5. The Bertz CT molecular complexity index is 1190. The van der Waals surface area contributed by atoms with Crippen molar-refractivity contribution in [3.63, 3.8) is 0 Å². The van der Waals surface area contributed by atoms with Gasteiger partial charge < -0.3 is 5.32 Å². The molecule has 150 valence electrons. The highest BCUT2D eigenvalue weighted by molar-refractivity contribution is 6.33. The van der Waals surface area contributed by atoms with Crippen LogP contribution in [0.5, 0.6) is 0 Å². The van der Waals surface area contributed by atoms with Crippen LogP contribution in [0.3, 0.4) is 0 Å². The minimum Gasteiger partial charge on any atom is -0.321 e. The molecule has 1 heterocycles. The number of carbonyl (C=O) groups is 1. The normalized spacial score (nSPS) is 10.8. The quantitative estimate of drug-likeness (QED) is 0.434. The summed E-state index contributed by atoms with van der Waals surface area (Å²) in [4.78, 5) is 13.1. The van der Waals surface area contributed by atoms with Crippen molar-refractivity contribution in [3.05, 3.63) is 107 Å². The van der Waals surface area contributed by atoms with Gasteiger partial charge in [-0.2, -0.15) is 5.10 Å². The Balaban J connectivity index is 1.61. The molecule has 0 aliphatic carbocycles. The first-order valence-electron chi connectivity index (χ1n) is 9.46. The molecule has 0 saturated heterocycles. The van der Waals surface area contributed by atoms with Crippen molar-refractivity contribution in [1.29, 1.82) is 0 Å². The largest absolute Gasteiger partial charge is 0.321 e. The van der Waals surface area contributed by atoms with Crippen LogP contribution >= 0.6 is 11.6 Å². The molecule has 4 aromatic rings. The number of halogens is 2. The molecule has 4 nitrogen and oxygen atoms in total. The predicted molar refractivity (Wildman–Crippen MR) is 117 cm³/mol. The van der Waals surface area contributed by atoms with Gasteiger partial charge in [-0.05, 0) is 36.2 Å². The minimum absolute atomic E-state index is 0.242. The van der Waals surface area contributed by atoms with Crippen molar-refractivity contribution in [2.24, 2.45) is 0 Å². The SMILES string of the molecule is Cc1nn(Cc2ccc(F)cc2)c(Cl)c1C(=O)Nc1ccccc1-c1ccccc1. The molecule has 4 rings (SSSR count). The molecule has 0 spiro atoms. The highest BCUT2D eigenvalue weighted by Gasteiger charge is 2.21. The van der Waals surface area contributed by atoms with Gasteiger partial charge in [-0.25, -0.2) is 9.07 Å². The van der Waals surface area contributed by atoms with Gasteiger partial charge in [0.2, 0.25) is 0 Å². The lowest BCUT2D eigenvalue weighted by Crippen LogP contribution is -2.14. The van der Waals surface area contributed by atoms with Crippen molar-refractivity contribution in [2.75, 3.05) is 5.32 Å². The summed E-state index contributed by atoms with van der Waals surface area (Å²) in [5.41, 5.74) is 4.29. The molecular weight excluding hydrogens is 401 g/mol. The maximum Gasteiger partial charge on any atom is 0.260 e. The number of aromatic nitrogens is 2. The fourth-order valence-corrected chi connectivity index (χ4v) is 3.65. The molecule has 1 amide bonds. The second-order valence-corrected chi connectivity index (χ2v) is 7.26. The number of nitrogens with one attached hydrogen (secondary N) is 1. The monoisotopic (exact) mass is 419 g/mol. The van der Waals surface area contributed by atoms with Gasteiger partial charge in [-0.1, -0.05) is 72.3 Å². The zero-order chi connectivity index (χ0) is 21.1. The van der Waals surface area contributed by atoms with Crippen molar-refractivity contribution in [2.45, 2.75) is 13.5 Å². The summed E-state index contributed by atoms with van der Waals surface area (Å²) in [5, 5.41) is 7.61. The molecule has 0 bridgehead atoms. The molecule has 0 aliphatic rings. The van der Waals surface area contributed by atoms with Gasteiger partial charge in [0, 0.05) is 11.3 Å². The van der Waals surface area contributed by atoms with Crippen LogP contribution in [-0.2, 0) is 6.54 Å². The fourth-order valence-electron chi connectivity index (χ4n) is 3.33. The first-order valence-corrected chi connectivity index (χ1v) is 9.84. The number of nitrogens with zero attached hydrogens (tertiary/aromatic N) is 2. The zero-order valence-corrected chi connectivity index (χ0v) is 17.0. The number of amides is 1. The van der Waals surface area contributed by atoms with Crippen LogP contribution < -0.4 is 5.32 Å². The fraction of sp³-hybridized carbons (Fsp3) is 0.0833. The Kier molecular flexibility index (Phi) is 5.63. The molecule has 0 fully saturated rings. The number of benzene rings is 3. The standard InChI is InChI=1S/C24H19ClFN3O/c1-16-22(23(25)29(28-16)15-17-11-13-19(26)14-12-17)24(30)27-21-10-6-5-9-20(21)18-7-3-2-4-8-18/h2-14H,15H2,1H3,(H,27,30). The lowest BCUT2D eigenvalue weighted by Gasteiger charge is -2.11. The molecule has 3 aromatic carbocycles. The number of aryl methyl sites for hydroxylation is 1. The molecule has 0 aliphatic heterocycles. The van der Waals surface area contributed by atoms with E-state index in [0.29, 0.717) is 23.5 Å². The molecular formula is C24H19ClFN3O. The third kappa shape index (κ3) is 4.11.